The smallest absolute Gasteiger partial charge is 0.191 e. The van der Waals surface area contributed by atoms with Crippen molar-refractivity contribution >= 4 is 5.96 Å². The Bertz CT molecular complexity index is 514. The minimum atomic E-state index is 0.156. The summed E-state index contributed by atoms with van der Waals surface area (Å²) in [5, 5.41) is 16.3. The second-order valence-corrected chi connectivity index (χ2v) is 5.45. The van der Waals surface area contributed by atoms with Crippen LogP contribution in [0.2, 0.25) is 0 Å². The van der Waals surface area contributed by atoms with Crippen LogP contribution in [0, 0.1) is 0 Å². The first-order valence-corrected chi connectivity index (χ1v) is 8.31. The van der Waals surface area contributed by atoms with Gasteiger partial charge in [-0.1, -0.05) is 6.07 Å². The molecular weight excluding hydrogens is 294 g/mol. The van der Waals surface area contributed by atoms with Gasteiger partial charge in [-0.2, -0.15) is 0 Å². The zero-order chi connectivity index (χ0) is 16.5. The third kappa shape index (κ3) is 5.63. The number of benzene rings is 1. The van der Waals surface area contributed by atoms with Crippen LogP contribution in [0.3, 0.4) is 0 Å². The Morgan fingerprint density at radius 3 is 2.96 bits per heavy atom. The van der Waals surface area contributed by atoms with Crippen LogP contribution in [-0.4, -0.2) is 43.5 Å². The van der Waals surface area contributed by atoms with E-state index >= 15 is 0 Å². The lowest BCUT2D eigenvalue weighted by Gasteiger charge is -2.15. The van der Waals surface area contributed by atoms with Gasteiger partial charge >= 0.3 is 0 Å². The summed E-state index contributed by atoms with van der Waals surface area (Å²) >= 11 is 0. The molecule has 0 aliphatic carbocycles. The molecule has 2 rings (SSSR count). The largest absolute Gasteiger partial charge is 0.504 e. The number of nitrogens with zero attached hydrogens (tertiary/aromatic N) is 1. The Morgan fingerprint density at radius 1 is 1.39 bits per heavy atom. The first-order valence-electron chi connectivity index (χ1n) is 8.31. The number of ether oxygens (including phenoxy) is 2. The van der Waals surface area contributed by atoms with Gasteiger partial charge in [0, 0.05) is 19.7 Å². The number of hydrogen-bond donors (Lipinski definition) is 3. The second kappa shape index (κ2) is 9.25. The van der Waals surface area contributed by atoms with Gasteiger partial charge in [-0.15, -0.1) is 0 Å². The van der Waals surface area contributed by atoms with Crippen molar-refractivity contribution in [1.29, 1.82) is 0 Å². The van der Waals surface area contributed by atoms with E-state index in [1.165, 1.54) is 0 Å². The molecule has 1 fully saturated rings. The quantitative estimate of drug-likeness (QED) is 0.529. The van der Waals surface area contributed by atoms with Crippen molar-refractivity contribution in [2.45, 2.75) is 39.3 Å². The van der Waals surface area contributed by atoms with Gasteiger partial charge in [-0.05, 0) is 44.4 Å². The molecule has 1 heterocycles. The first kappa shape index (κ1) is 17.4. The fourth-order valence-electron chi connectivity index (χ4n) is 2.46. The van der Waals surface area contributed by atoms with E-state index < -0.39 is 0 Å². The SMILES string of the molecule is CCNC(=NCc1ccc(O)c(OCC)c1)NCC1CCCO1. The van der Waals surface area contributed by atoms with Crippen LogP contribution in [0.15, 0.2) is 23.2 Å². The van der Waals surface area contributed by atoms with Gasteiger partial charge in [0.25, 0.3) is 0 Å². The number of aromatic hydroxyl groups is 1. The highest BCUT2D eigenvalue weighted by molar-refractivity contribution is 5.79. The average molecular weight is 321 g/mol. The van der Waals surface area contributed by atoms with Gasteiger partial charge in [-0.3, -0.25) is 0 Å². The van der Waals surface area contributed by atoms with Crippen molar-refractivity contribution in [3.8, 4) is 11.5 Å². The van der Waals surface area contributed by atoms with Crippen LogP contribution < -0.4 is 15.4 Å². The maximum Gasteiger partial charge on any atom is 0.191 e. The predicted molar refractivity (Wildman–Crippen MR) is 91.1 cm³/mol. The standard InChI is InChI=1S/C17H27N3O3/c1-3-18-17(20-12-14-6-5-9-23-14)19-11-13-7-8-15(21)16(10-13)22-4-2/h7-8,10,14,21H,3-6,9,11-12H2,1-2H3,(H2,18,19,20). The predicted octanol–water partition coefficient (Wildman–Crippen LogP) is 2.03. The van der Waals surface area contributed by atoms with E-state index in [1.807, 2.05) is 26.0 Å². The normalized spacial score (nSPS) is 18.0. The number of guanidine groups is 1. The molecule has 6 heteroatoms. The second-order valence-electron chi connectivity index (χ2n) is 5.45. The third-order valence-corrected chi connectivity index (χ3v) is 3.61. The number of phenolic OH excluding ortho intramolecular Hbond substituents is 1. The Hall–Kier alpha value is -1.95. The summed E-state index contributed by atoms with van der Waals surface area (Å²) in [7, 11) is 0. The number of hydrogen-bond acceptors (Lipinski definition) is 4. The lowest BCUT2D eigenvalue weighted by atomic mass is 10.2. The molecule has 0 bridgehead atoms. The number of phenols is 1. The highest BCUT2D eigenvalue weighted by Gasteiger charge is 2.15. The molecule has 1 aliphatic heterocycles. The van der Waals surface area contributed by atoms with Crippen LogP contribution in [0.4, 0.5) is 0 Å². The molecular formula is C17H27N3O3. The molecule has 0 aromatic heterocycles. The highest BCUT2D eigenvalue weighted by Crippen LogP contribution is 2.27. The highest BCUT2D eigenvalue weighted by atomic mass is 16.5. The van der Waals surface area contributed by atoms with Gasteiger partial charge < -0.3 is 25.2 Å². The average Bonchev–Trinajstić information content (AvgIpc) is 3.06. The van der Waals surface area contributed by atoms with E-state index in [-0.39, 0.29) is 11.9 Å². The maximum absolute atomic E-state index is 9.73. The van der Waals surface area contributed by atoms with E-state index in [0.717, 1.165) is 44.1 Å². The number of rotatable bonds is 7. The van der Waals surface area contributed by atoms with Crippen molar-refractivity contribution in [2.24, 2.45) is 4.99 Å². The molecule has 0 saturated carbocycles. The van der Waals surface area contributed by atoms with Crippen molar-refractivity contribution < 1.29 is 14.6 Å². The van der Waals surface area contributed by atoms with Gasteiger partial charge in [0.05, 0.1) is 19.3 Å². The van der Waals surface area contributed by atoms with Gasteiger partial charge in [-0.25, -0.2) is 4.99 Å². The van der Waals surface area contributed by atoms with Crippen LogP contribution in [0.1, 0.15) is 32.3 Å². The van der Waals surface area contributed by atoms with E-state index in [2.05, 4.69) is 15.6 Å². The number of aliphatic imine (C=N–C) groups is 1. The van der Waals surface area contributed by atoms with E-state index in [0.29, 0.717) is 18.9 Å². The monoisotopic (exact) mass is 321 g/mol. The summed E-state index contributed by atoms with van der Waals surface area (Å²) in [5.74, 6) is 1.43. The molecule has 0 spiro atoms. The van der Waals surface area contributed by atoms with E-state index in [1.54, 1.807) is 6.07 Å². The molecule has 1 saturated heterocycles. The summed E-state index contributed by atoms with van der Waals surface area (Å²) in [6, 6.07) is 5.32. The van der Waals surface area contributed by atoms with Crippen molar-refractivity contribution in [2.75, 3.05) is 26.3 Å². The van der Waals surface area contributed by atoms with E-state index in [9.17, 15) is 5.11 Å². The molecule has 23 heavy (non-hydrogen) atoms. The third-order valence-electron chi connectivity index (χ3n) is 3.61. The zero-order valence-corrected chi connectivity index (χ0v) is 14.0. The summed E-state index contributed by atoms with van der Waals surface area (Å²) in [6.07, 6.45) is 2.51. The molecule has 1 aromatic carbocycles. The first-order chi connectivity index (χ1) is 11.2. The molecule has 1 aromatic rings. The topological polar surface area (TPSA) is 75.1 Å². The number of nitrogens with one attached hydrogen (secondary N) is 2. The molecule has 1 aliphatic rings. The summed E-state index contributed by atoms with van der Waals surface area (Å²) < 4.78 is 11.0. The zero-order valence-electron chi connectivity index (χ0n) is 14.0. The molecule has 0 radical (unpaired) electrons. The molecule has 1 unspecified atom stereocenters. The van der Waals surface area contributed by atoms with Crippen molar-refractivity contribution in [1.82, 2.24) is 10.6 Å². The summed E-state index contributed by atoms with van der Waals surface area (Å²) in [6.45, 7) is 7.39. The molecule has 6 nitrogen and oxygen atoms in total. The van der Waals surface area contributed by atoms with Crippen LogP contribution in [0.25, 0.3) is 0 Å². The Balaban J connectivity index is 1.94. The Morgan fingerprint density at radius 2 is 2.26 bits per heavy atom. The van der Waals surface area contributed by atoms with Crippen molar-refractivity contribution in [3.63, 3.8) is 0 Å². The Labute approximate surface area is 137 Å². The maximum atomic E-state index is 9.73. The van der Waals surface area contributed by atoms with E-state index in [4.69, 9.17) is 9.47 Å². The fourth-order valence-corrected chi connectivity index (χ4v) is 2.46. The Kier molecular flexibility index (Phi) is 7.00. The summed E-state index contributed by atoms with van der Waals surface area (Å²) in [4.78, 5) is 4.58. The van der Waals surface area contributed by atoms with Crippen LogP contribution in [-0.2, 0) is 11.3 Å². The summed E-state index contributed by atoms with van der Waals surface area (Å²) in [5.41, 5.74) is 0.987. The minimum Gasteiger partial charge on any atom is -0.504 e. The van der Waals surface area contributed by atoms with Crippen LogP contribution >= 0.6 is 0 Å². The van der Waals surface area contributed by atoms with Crippen molar-refractivity contribution in [3.05, 3.63) is 23.8 Å². The minimum absolute atomic E-state index is 0.156. The molecule has 3 N–H and O–H groups in total. The molecule has 0 amide bonds. The van der Waals surface area contributed by atoms with Crippen LogP contribution in [0.5, 0.6) is 11.5 Å². The molecule has 1 atom stereocenters. The van der Waals surface area contributed by atoms with Gasteiger partial charge in [0.2, 0.25) is 0 Å². The lowest BCUT2D eigenvalue weighted by molar-refractivity contribution is 0.114. The fraction of sp³-hybridized carbons (Fsp3) is 0.588. The molecule has 128 valence electrons. The van der Waals surface area contributed by atoms with Gasteiger partial charge in [0.1, 0.15) is 0 Å². The lowest BCUT2D eigenvalue weighted by Crippen LogP contribution is -2.41. The van der Waals surface area contributed by atoms with Gasteiger partial charge in [0.15, 0.2) is 17.5 Å².